The van der Waals surface area contributed by atoms with E-state index in [1.54, 1.807) is 18.3 Å². The van der Waals surface area contributed by atoms with Crippen molar-refractivity contribution in [3.05, 3.63) is 59.4 Å². The molecule has 0 spiro atoms. The highest BCUT2D eigenvalue weighted by Crippen LogP contribution is 2.28. The molecule has 0 saturated carbocycles. The number of rotatable bonds is 7. The van der Waals surface area contributed by atoms with Gasteiger partial charge in [0.25, 0.3) is 0 Å². The Morgan fingerprint density at radius 3 is 2.54 bits per heavy atom. The van der Waals surface area contributed by atoms with Crippen molar-refractivity contribution in [1.29, 1.82) is 0 Å². The third-order valence-corrected chi connectivity index (χ3v) is 5.90. The topological polar surface area (TPSA) is 76.1 Å². The molecule has 1 heterocycles. The maximum absolute atomic E-state index is 13.0. The van der Waals surface area contributed by atoms with Crippen molar-refractivity contribution in [2.75, 3.05) is 6.54 Å². The number of sulfone groups is 1. The molecule has 0 aliphatic carbocycles. The lowest BCUT2D eigenvalue weighted by atomic mass is 10.2. The first-order valence-corrected chi connectivity index (χ1v) is 9.53. The second kappa shape index (κ2) is 8.26. The average molecular weight is 367 g/mol. The number of hydrogen-bond donors (Lipinski definition) is 1. The molecule has 1 N–H and O–H groups in total. The zero-order valence-corrected chi connectivity index (χ0v) is 14.8. The van der Waals surface area contributed by atoms with Crippen LogP contribution in [-0.2, 0) is 14.6 Å². The van der Waals surface area contributed by atoms with E-state index in [2.05, 4.69) is 10.3 Å². The van der Waals surface area contributed by atoms with Gasteiger partial charge in [-0.15, -0.1) is 0 Å². The molecule has 1 amide bonds. The molecule has 0 bridgehead atoms. The number of pyridine rings is 1. The molecular formula is C17H19ClN2O3S. The summed E-state index contributed by atoms with van der Waals surface area (Å²) >= 11 is 5.83. The van der Waals surface area contributed by atoms with Crippen molar-refractivity contribution in [1.82, 2.24) is 10.3 Å². The van der Waals surface area contributed by atoms with Crippen molar-refractivity contribution >= 4 is 27.3 Å². The van der Waals surface area contributed by atoms with E-state index >= 15 is 0 Å². The summed E-state index contributed by atoms with van der Waals surface area (Å²) in [6.07, 6.45) is 4.14. The van der Waals surface area contributed by atoms with Crippen LogP contribution in [0.5, 0.6) is 0 Å². The van der Waals surface area contributed by atoms with Gasteiger partial charge in [0.05, 0.1) is 4.90 Å². The van der Waals surface area contributed by atoms with Gasteiger partial charge in [-0.25, -0.2) is 8.42 Å². The summed E-state index contributed by atoms with van der Waals surface area (Å²) < 4.78 is 26.0. The minimum atomic E-state index is -3.69. The van der Waals surface area contributed by atoms with Gasteiger partial charge in [0, 0.05) is 30.4 Å². The number of carbonyl (C=O) groups excluding carboxylic acids is 1. The fourth-order valence-corrected chi connectivity index (χ4v) is 4.05. The van der Waals surface area contributed by atoms with Crippen LogP contribution in [0.4, 0.5) is 0 Å². The first kappa shape index (κ1) is 18.4. The fourth-order valence-electron chi connectivity index (χ4n) is 2.28. The van der Waals surface area contributed by atoms with E-state index in [4.69, 9.17) is 11.6 Å². The average Bonchev–Trinajstić information content (AvgIpc) is 2.56. The molecule has 1 atom stereocenters. The summed E-state index contributed by atoms with van der Waals surface area (Å²) in [6, 6.07) is 9.36. The van der Waals surface area contributed by atoms with Crippen LogP contribution in [-0.4, -0.2) is 25.9 Å². The highest BCUT2D eigenvalue weighted by atomic mass is 35.5. The Morgan fingerprint density at radius 2 is 1.96 bits per heavy atom. The Balaban J connectivity index is 2.34. The molecule has 0 aliphatic rings. The summed E-state index contributed by atoms with van der Waals surface area (Å²) in [5.41, 5.74) is 0.532. The minimum Gasteiger partial charge on any atom is -0.354 e. The van der Waals surface area contributed by atoms with Gasteiger partial charge in [0.2, 0.25) is 5.91 Å². The third-order valence-electron chi connectivity index (χ3n) is 3.53. The maximum atomic E-state index is 13.0. The predicted molar refractivity (Wildman–Crippen MR) is 93.5 cm³/mol. The van der Waals surface area contributed by atoms with E-state index in [1.165, 1.54) is 30.5 Å². The van der Waals surface area contributed by atoms with Crippen molar-refractivity contribution in [3.8, 4) is 0 Å². The molecule has 2 aromatic rings. The molecule has 0 aliphatic heterocycles. The Labute approximate surface area is 147 Å². The molecule has 0 fully saturated rings. The molecule has 1 aromatic heterocycles. The number of nitrogens with zero attached hydrogens (tertiary/aromatic N) is 1. The zero-order valence-electron chi connectivity index (χ0n) is 13.3. The molecule has 2 rings (SSSR count). The number of aromatic nitrogens is 1. The summed E-state index contributed by atoms with van der Waals surface area (Å²) in [5, 5.41) is 2.25. The van der Waals surface area contributed by atoms with Crippen LogP contribution in [0.1, 0.15) is 30.6 Å². The number of benzene rings is 1. The van der Waals surface area contributed by atoms with Crippen LogP contribution in [0, 0.1) is 0 Å². The number of halogens is 1. The highest BCUT2D eigenvalue weighted by molar-refractivity contribution is 7.91. The molecule has 7 heteroatoms. The lowest BCUT2D eigenvalue weighted by Crippen LogP contribution is -2.31. The Morgan fingerprint density at radius 1 is 1.25 bits per heavy atom. The maximum Gasteiger partial charge on any atom is 0.220 e. The van der Waals surface area contributed by atoms with Crippen LogP contribution in [0.15, 0.2) is 53.7 Å². The lowest BCUT2D eigenvalue weighted by Gasteiger charge is -2.18. The number of hydrogen-bond acceptors (Lipinski definition) is 4. The summed E-state index contributed by atoms with van der Waals surface area (Å²) in [5.74, 6) is -0.169. The summed E-state index contributed by atoms with van der Waals surface area (Å²) in [4.78, 5) is 15.9. The smallest absolute Gasteiger partial charge is 0.220 e. The highest BCUT2D eigenvalue weighted by Gasteiger charge is 2.29. The van der Waals surface area contributed by atoms with Crippen LogP contribution in [0.2, 0.25) is 5.02 Å². The normalized spacial score (nSPS) is 12.6. The molecule has 1 aromatic carbocycles. The second-order valence-corrected chi connectivity index (χ2v) is 7.89. The number of amides is 1. The largest absolute Gasteiger partial charge is 0.354 e. The third kappa shape index (κ3) is 4.55. The Hall–Kier alpha value is -1.92. The lowest BCUT2D eigenvalue weighted by molar-refractivity contribution is -0.121. The quantitative estimate of drug-likeness (QED) is 0.816. The van der Waals surface area contributed by atoms with E-state index in [1.807, 2.05) is 6.92 Å². The van der Waals surface area contributed by atoms with Crippen molar-refractivity contribution in [3.63, 3.8) is 0 Å². The van der Waals surface area contributed by atoms with Gasteiger partial charge >= 0.3 is 0 Å². The Bertz CT molecular complexity index is 777. The zero-order chi connectivity index (χ0) is 17.6. The van der Waals surface area contributed by atoms with Crippen molar-refractivity contribution < 1.29 is 13.2 Å². The standard InChI is InChI=1S/C17H19ClN2O3S/c1-2-4-17(21)20-12-16(13-5-3-10-19-11-13)24(22,23)15-8-6-14(18)7-9-15/h3,5-11,16H,2,4,12H2,1H3,(H,20,21)/t16-/m0/s1. The van der Waals surface area contributed by atoms with Crippen LogP contribution in [0.3, 0.4) is 0 Å². The number of nitrogens with one attached hydrogen (secondary N) is 1. The van der Waals surface area contributed by atoms with Gasteiger partial charge in [-0.1, -0.05) is 24.6 Å². The summed E-state index contributed by atoms with van der Waals surface area (Å²) in [6.45, 7) is 1.89. The van der Waals surface area contributed by atoms with Gasteiger partial charge in [0.1, 0.15) is 5.25 Å². The molecule has 0 saturated heterocycles. The van der Waals surface area contributed by atoms with Crippen LogP contribution in [0.25, 0.3) is 0 Å². The summed E-state index contributed by atoms with van der Waals surface area (Å²) in [7, 11) is -3.69. The Kier molecular flexibility index (Phi) is 6.34. The molecule has 5 nitrogen and oxygen atoms in total. The molecule has 0 radical (unpaired) electrons. The SMILES string of the molecule is CCCC(=O)NC[C@@H](c1cccnc1)S(=O)(=O)c1ccc(Cl)cc1. The van der Waals surface area contributed by atoms with E-state index in [-0.39, 0.29) is 17.3 Å². The fraction of sp³-hybridized carbons (Fsp3) is 0.294. The first-order valence-electron chi connectivity index (χ1n) is 7.61. The molecular weight excluding hydrogens is 348 g/mol. The molecule has 0 unspecified atom stereocenters. The van der Waals surface area contributed by atoms with Crippen molar-refractivity contribution in [2.45, 2.75) is 29.9 Å². The molecule has 128 valence electrons. The number of carbonyl (C=O) groups is 1. The monoisotopic (exact) mass is 366 g/mol. The molecule has 24 heavy (non-hydrogen) atoms. The van der Waals surface area contributed by atoms with Gasteiger partial charge < -0.3 is 5.32 Å². The van der Waals surface area contributed by atoms with Crippen molar-refractivity contribution in [2.24, 2.45) is 0 Å². The van der Waals surface area contributed by atoms with Gasteiger partial charge in [0.15, 0.2) is 9.84 Å². The van der Waals surface area contributed by atoms with E-state index in [0.29, 0.717) is 23.4 Å². The van der Waals surface area contributed by atoms with Gasteiger partial charge in [-0.3, -0.25) is 9.78 Å². The van der Waals surface area contributed by atoms with Crippen LogP contribution < -0.4 is 5.32 Å². The van der Waals surface area contributed by atoms with Crippen LogP contribution >= 0.6 is 11.6 Å². The minimum absolute atomic E-state index is 0.00448. The predicted octanol–water partition coefficient (Wildman–Crippen LogP) is 3.17. The first-order chi connectivity index (χ1) is 11.4. The van der Waals surface area contributed by atoms with Gasteiger partial charge in [-0.05, 0) is 42.3 Å². The second-order valence-electron chi connectivity index (χ2n) is 5.33. The van der Waals surface area contributed by atoms with E-state index in [9.17, 15) is 13.2 Å². The van der Waals surface area contributed by atoms with E-state index in [0.717, 1.165) is 0 Å². The van der Waals surface area contributed by atoms with E-state index < -0.39 is 15.1 Å². The van der Waals surface area contributed by atoms with Gasteiger partial charge in [-0.2, -0.15) is 0 Å².